The van der Waals surface area contributed by atoms with Gasteiger partial charge in [-0.15, -0.1) is 0 Å². The molecule has 0 atom stereocenters. The second-order valence-corrected chi connectivity index (χ2v) is 3.97. The maximum absolute atomic E-state index is 8.95. The zero-order chi connectivity index (χ0) is 10.6. The quantitative estimate of drug-likeness (QED) is 0.690. The van der Waals surface area contributed by atoms with Crippen LogP contribution in [-0.2, 0) is 0 Å². The third-order valence-corrected chi connectivity index (χ3v) is 2.45. The monoisotopic (exact) mass is 185 g/mol. The number of benzene rings is 1. The predicted molar refractivity (Wildman–Crippen MR) is 59.5 cm³/mol. The lowest BCUT2D eigenvalue weighted by molar-refractivity contribution is 0.601. The second kappa shape index (κ2) is 4.11. The van der Waals surface area contributed by atoms with Crippen molar-refractivity contribution in [3.8, 4) is 6.07 Å². The Kier molecular flexibility index (Phi) is 3.09. The standard InChI is InChI=1S/C13H15N/c1-11(13(2,3)10-14)9-12-7-5-4-6-8-12/h4-9H,1-3H3/b11-9+. The molecule has 1 aromatic carbocycles. The first kappa shape index (κ1) is 10.5. The van der Waals surface area contributed by atoms with E-state index in [0.29, 0.717) is 0 Å². The molecule has 0 amide bonds. The summed E-state index contributed by atoms with van der Waals surface area (Å²) in [5.74, 6) is 0. The highest BCUT2D eigenvalue weighted by molar-refractivity contribution is 5.54. The number of allylic oxidation sites excluding steroid dienone is 1. The van der Waals surface area contributed by atoms with Crippen LogP contribution < -0.4 is 0 Å². The summed E-state index contributed by atoms with van der Waals surface area (Å²) in [6.45, 7) is 5.86. The van der Waals surface area contributed by atoms with Gasteiger partial charge in [0.15, 0.2) is 0 Å². The first-order chi connectivity index (χ1) is 6.56. The fraction of sp³-hybridized carbons (Fsp3) is 0.308. The highest BCUT2D eigenvalue weighted by atomic mass is 14.3. The molecular weight excluding hydrogens is 170 g/mol. The van der Waals surface area contributed by atoms with Crippen molar-refractivity contribution in [1.82, 2.24) is 0 Å². The van der Waals surface area contributed by atoms with Gasteiger partial charge >= 0.3 is 0 Å². The Labute approximate surface area is 85.7 Å². The molecule has 1 aromatic rings. The van der Waals surface area contributed by atoms with Crippen LogP contribution in [0.25, 0.3) is 6.08 Å². The highest BCUT2D eigenvalue weighted by Crippen LogP contribution is 2.26. The van der Waals surface area contributed by atoms with Crippen molar-refractivity contribution < 1.29 is 0 Å². The van der Waals surface area contributed by atoms with Crippen LogP contribution in [0.1, 0.15) is 26.3 Å². The largest absolute Gasteiger partial charge is 0.197 e. The Morgan fingerprint density at radius 2 is 1.86 bits per heavy atom. The number of hydrogen-bond donors (Lipinski definition) is 0. The molecule has 0 N–H and O–H groups in total. The zero-order valence-corrected chi connectivity index (χ0v) is 8.91. The topological polar surface area (TPSA) is 23.8 Å². The van der Waals surface area contributed by atoms with E-state index in [2.05, 4.69) is 12.1 Å². The maximum atomic E-state index is 8.95. The van der Waals surface area contributed by atoms with Crippen LogP contribution in [-0.4, -0.2) is 0 Å². The third kappa shape index (κ3) is 2.47. The molecule has 0 saturated heterocycles. The molecule has 0 saturated carbocycles. The summed E-state index contributed by atoms with van der Waals surface area (Å²) in [5.41, 5.74) is 1.86. The van der Waals surface area contributed by atoms with Gasteiger partial charge in [0.05, 0.1) is 11.5 Å². The van der Waals surface area contributed by atoms with Crippen LogP contribution in [0.5, 0.6) is 0 Å². The lowest BCUT2D eigenvalue weighted by atomic mass is 9.86. The smallest absolute Gasteiger partial charge is 0.0728 e. The maximum Gasteiger partial charge on any atom is 0.0728 e. The molecule has 0 aromatic heterocycles. The van der Waals surface area contributed by atoms with Gasteiger partial charge in [-0.1, -0.05) is 42.0 Å². The van der Waals surface area contributed by atoms with E-state index in [1.54, 1.807) is 0 Å². The van der Waals surface area contributed by atoms with Crippen LogP contribution in [0.4, 0.5) is 0 Å². The van der Waals surface area contributed by atoms with Crippen LogP contribution >= 0.6 is 0 Å². The molecule has 0 aliphatic carbocycles. The minimum atomic E-state index is -0.379. The molecule has 72 valence electrons. The summed E-state index contributed by atoms with van der Waals surface area (Å²) in [5, 5.41) is 8.95. The van der Waals surface area contributed by atoms with Gasteiger partial charge in [-0.25, -0.2) is 0 Å². The average Bonchev–Trinajstić information content (AvgIpc) is 2.19. The van der Waals surface area contributed by atoms with Gasteiger partial charge in [0.1, 0.15) is 0 Å². The first-order valence-corrected chi connectivity index (χ1v) is 4.71. The van der Waals surface area contributed by atoms with Gasteiger partial charge < -0.3 is 0 Å². The van der Waals surface area contributed by atoms with E-state index >= 15 is 0 Å². The molecular formula is C13H15N. The molecule has 0 heterocycles. The van der Waals surface area contributed by atoms with Crippen LogP contribution in [0, 0.1) is 16.7 Å². The van der Waals surface area contributed by atoms with E-state index in [1.807, 2.05) is 51.1 Å². The van der Waals surface area contributed by atoms with Gasteiger partial charge in [0, 0.05) is 0 Å². The number of rotatable bonds is 2. The van der Waals surface area contributed by atoms with E-state index < -0.39 is 0 Å². The summed E-state index contributed by atoms with van der Waals surface area (Å²) in [4.78, 5) is 0. The van der Waals surface area contributed by atoms with Crippen molar-refractivity contribution in [2.24, 2.45) is 5.41 Å². The molecule has 0 radical (unpaired) electrons. The number of hydrogen-bond acceptors (Lipinski definition) is 1. The van der Waals surface area contributed by atoms with Gasteiger partial charge in [-0.05, 0) is 26.3 Å². The van der Waals surface area contributed by atoms with Crippen molar-refractivity contribution in [2.45, 2.75) is 20.8 Å². The van der Waals surface area contributed by atoms with E-state index in [1.165, 1.54) is 0 Å². The van der Waals surface area contributed by atoms with Crippen molar-refractivity contribution in [1.29, 1.82) is 5.26 Å². The Morgan fingerprint density at radius 3 is 2.36 bits per heavy atom. The SMILES string of the molecule is C/C(=C\c1ccccc1)C(C)(C)C#N. The minimum Gasteiger partial charge on any atom is -0.197 e. The van der Waals surface area contributed by atoms with Crippen molar-refractivity contribution in [2.75, 3.05) is 0 Å². The summed E-state index contributed by atoms with van der Waals surface area (Å²) in [6, 6.07) is 12.4. The summed E-state index contributed by atoms with van der Waals surface area (Å²) in [6.07, 6.45) is 2.06. The van der Waals surface area contributed by atoms with Crippen molar-refractivity contribution in [3.63, 3.8) is 0 Å². The molecule has 1 rings (SSSR count). The van der Waals surface area contributed by atoms with Gasteiger partial charge in [-0.2, -0.15) is 5.26 Å². The fourth-order valence-electron chi connectivity index (χ4n) is 1.07. The second-order valence-electron chi connectivity index (χ2n) is 3.97. The highest BCUT2D eigenvalue weighted by Gasteiger charge is 2.18. The molecule has 0 aliphatic rings. The lowest BCUT2D eigenvalue weighted by Crippen LogP contribution is -2.08. The summed E-state index contributed by atoms with van der Waals surface area (Å²) in [7, 11) is 0. The molecule has 0 fully saturated rings. The first-order valence-electron chi connectivity index (χ1n) is 4.71. The molecule has 0 bridgehead atoms. The van der Waals surface area contributed by atoms with Crippen molar-refractivity contribution in [3.05, 3.63) is 41.5 Å². The van der Waals surface area contributed by atoms with Crippen LogP contribution in [0.15, 0.2) is 35.9 Å². The van der Waals surface area contributed by atoms with Gasteiger partial charge in [-0.3, -0.25) is 0 Å². The Balaban J connectivity index is 2.97. The molecule has 1 nitrogen and oxygen atoms in total. The van der Waals surface area contributed by atoms with Gasteiger partial charge in [0.25, 0.3) is 0 Å². The normalized spacial score (nSPS) is 12.3. The zero-order valence-electron chi connectivity index (χ0n) is 8.91. The van der Waals surface area contributed by atoms with Gasteiger partial charge in [0.2, 0.25) is 0 Å². The Hall–Kier alpha value is -1.55. The van der Waals surface area contributed by atoms with E-state index in [-0.39, 0.29) is 5.41 Å². The summed E-state index contributed by atoms with van der Waals surface area (Å²) < 4.78 is 0. The summed E-state index contributed by atoms with van der Waals surface area (Å²) >= 11 is 0. The van der Waals surface area contributed by atoms with E-state index in [0.717, 1.165) is 11.1 Å². The molecule has 0 unspecified atom stereocenters. The van der Waals surface area contributed by atoms with Crippen LogP contribution in [0.3, 0.4) is 0 Å². The van der Waals surface area contributed by atoms with Crippen LogP contribution in [0.2, 0.25) is 0 Å². The number of nitrogens with zero attached hydrogens (tertiary/aromatic N) is 1. The third-order valence-electron chi connectivity index (χ3n) is 2.45. The number of nitriles is 1. The van der Waals surface area contributed by atoms with Crippen molar-refractivity contribution >= 4 is 6.08 Å². The minimum absolute atomic E-state index is 0.379. The molecule has 1 heteroatoms. The van der Waals surface area contributed by atoms with E-state index in [4.69, 9.17) is 5.26 Å². The van der Waals surface area contributed by atoms with E-state index in [9.17, 15) is 0 Å². The Morgan fingerprint density at radius 1 is 1.29 bits per heavy atom. The molecule has 0 aliphatic heterocycles. The molecule has 0 spiro atoms. The predicted octanol–water partition coefficient (Wildman–Crippen LogP) is 3.64. The fourth-order valence-corrected chi connectivity index (χ4v) is 1.07. The Bertz CT molecular complexity index is 366. The lowest BCUT2D eigenvalue weighted by Gasteiger charge is -2.15. The molecule has 14 heavy (non-hydrogen) atoms. The average molecular weight is 185 g/mol.